The normalized spacial score (nSPS) is 11.1. The van der Waals surface area contributed by atoms with E-state index in [1.54, 1.807) is 0 Å². The number of aromatic nitrogens is 1. The maximum absolute atomic E-state index is 5.82. The number of hydrogen-bond acceptors (Lipinski definition) is 3. The van der Waals surface area contributed by atoms with E-state index in [1.165, 1.54) is 23.1 Å². The van der Waals surface area contributed by atoms with Crippen LogP contribution in [-0.2, 0) is 19.3 Å². The molecule has 0 saturated heterocycles. The summed E-state index contributed by atoms with van der Waals surface area (Å²) in [5.41, 5.74) is 10.9. The molecule has 2 N–H and O–H groups in total. The Bertz CT molecular complexity index is 585. The lowest BCUT2D eigenvalue weighted by molar-refractivity contribution is 0.400. The Kier molecular flexibility index (Phi) is 5.96. The quantitative estimate of drug-likeness (QED) is 0.853. The summed E-state index contributed by atoms with van der Waals surface area (Å²) in [5, 5.41) is 0. The Morgan fingerprint density at radius 2 is 1.73 bits per heavy atom. The van der Waals surface area contributed by atoms with Crippen LogP contribution >= 0.6 is 0 Å². The maximum Gasteiger partial charge on any atom is 0.123 e. The minimum absolute atomic E-state index is 0.618. The lowest BCUT2D eigenvalue weighted by Crippen LogP contribution is -2.13. The van der Waals surface area contributed by atoms with Gasteiger partial charge in [-0.25, -0.2) is 4.98 Å². The van der Waals surface area contributed by atoms with Crippen LogP contribution in [0.15, 0.2) is 36.4 Å². The van der Waals surface area contributed by atoms with E-state index in [1.807, 2.05) is 6.07 Å². The molecule has 0 spiro atoms. The molecule has 22 heavy (non-hydrogen) atoms. The van der Waals surface area contributed by atoms with Crippen molar-refractivity contribution in [3.8, 4) is 0 Å². The van der Waals surface area contributed by atoms with E-state index < -0.39 is 0 Å². The predicted molar refractivity (Wildman–Crippen MR) is 94.1 cm³/mol. The average molecular weight is 297 g/mol. The molecule has 1 aromatic heterocycles. The van der Waals surface area contributed by atoms with Gasteiger partial charge in [-0.05, 0) is 82.1 Å². The number of nitrogens with zero attached hydrogens (tertiary/aromatic N) is 2. The van der Waals surface area contributed by atoms with Crippen LogP contribution in [0.5, 0.6) is 0 Å². The molecule has 0 unspecified atom stereocenters. The molecule has 1 aromatic carbocycles. The predicted octanol–water partition coefficient (Wildman–Crippen LogP) is 3.25. The van der Waals surface area contributed by atoms with Crippen LogP contribution < -0.4 is 5.73 Å². The number of rotatable bonds is 7. The smallest absolute Gasteiger partial charge is 0.123 e. The maximum atomic E-state index is 5.82. The van der Waals surface area contributed by atoms with Crippen molar-refractivity contribution in [2.75, 3.05) is 26.4 Å². The van der Waals surface area contributed by atoms with Gasteiger partial charge in [0.1, 0.15) is 5.82 Å². The number of pyridine rings is 1. The summed E-state index contributed by atoms with van der Waals surface area (Å²) in [6, 6.07) is 13.0. The van der Waals surface area contributed by atoms with Crippen LogP contribution in [-0.4, -0.2) is 30.5 Å². The summed E-state index contributed by atoms with van der Waals surface area (Å²) < 4.78 is 0. The lowest BCUT2D eigenvalue weighted by atomic mass is 10.0. The summed E-state index contributed by atoms with van der Waals surface area (Å²) in [5.74, 6) is 0.618. The van der Waals surface area contributed by atoms with E-state index in [9.17, 15) is 0 Å². The molecule has 0 aliphatic heterocycles. The summed E-state index contributed by atoms with van der Waals surface area (Å²) >= 11 is 0. The zero-order valence-corrected chi connectivity index (χ0v) is 14.0. The van der Waals surface area contributed by atoms with Crippen molar-refractivity contribution >= 4 is 5.82 Å². The summed E-state index contributed by atoms with van der Waals surface area (Å²) in [6.07, 6.45) is 4.29. The van der Waals surface area contributed by atoms with Gasteiger partial charge in [-0.3, -0.25) is 0 Å². The van der Waals surface area contributed by atoms with Crippen molar-refractivity contribution in [2.24, 2.45) is 0 Å². The highest BCUT2D eigenvalue weighted by atomic mass is 15.0. The molecule has 2 aromatic rings. The van der Waals surface area contributed by atoms with Crippen LogP contribution in [0.3, 0.4) is 0 Å². The molecule has 1 heterocycles. The van der Waals surface area contributed by atoms with Crippen LogP contribution in [0.25, 0.3) is 0 Å². The van der Waals surface area contributed by atoms with Crippen LogP contribution in [0, 0.1) is 6.92 Å². The highest BCUT2D eigenvalue weighted by Crippen LogP contribution is 2.13. The Labute approximate surface area is 134 Å². The number of nitrogens with two attached hydrogens (primary N) is 1. The van der Waals surface area contributed by atoms with Crippen molar-refractivity contribution in [3.05, 3.63) is 58.8 Å². The molecule has 0 bridgehead atoms. The fraction of sp³-hybridized carbons (Fsp3) is 0.421. The van der Waals surface area contributed by atoms with E-state index in [4.69, 9.17) is 5.73 Å². The first-order valence-electron chi connectivity index (χ1n) is 7.98. The fourth-order valence-corrected chi connectivity index (χ4v) is 2.71. The van der Waals surface area contributed by atoms with Gasteiger partial charge in [0, 0.05) is 5.69 Å². The van der Waals surface area contributed by atoms with Gasteiger partial charge in [0.15, 0.2) is 0 Å². The molecule has 2 rings (SSSR count). The van der Waals surface area contributed by atoms with E-state index in [0.717, 1.165) is 31.5 Å². The number of hydrogen-bond donors (Lipinski definition) is 1. The van der Waals surface area contributed by atoms with Gasteiger partial charge >= 0.3 is 0 Å². The van der Waals surface area contributed by atoms with Gasteiger partial charge in [-0.15, -0.1) is 0 Å². The van der Waals surface area contributed by atoms with Crippen molar-refractivity contribution in [2.45, 2.75) is 32.6 Å². The topological polar surface area (TPSA) is 42.1 Å². The standard InChI is InChI=1S/C19H27N3/c1-15-12-18(21-19(20)13-15)10-9-17-7-4-6-16(14-17)8-5-11-22(2)3/h4,6-7,12-14H,5,8-11H2,1-3H3,(H2,20,21). The van der Waals surface area contributed by atoms with Gasteiger partial charge in [-0.2, -0.15) is 0 Å². The molecule has 118 valence electrons. The number of benzene rings is 1. The second-order valence-electron chi connectivity index (χ2n) is 6.29. The molecule has 0 radical (unpaired) electrons. The number of anilines is 1. The molecule has 0 aliphatic rings. The van der Waals surface area contributed by atoms with Crippen LogP contribution in [0.2, 0.25) is 0 Å². The van der Waals surface area contributed by atoms with Gasteiger partial charge in [0.05, 0.1) is 0 Å². The van der Waals surface area contributed by atoms with Crippen molar-refractivity contribution in [1.82, 2.24) is 9.88 Å². The summed E-state index contributed by atoms with van der Waals surface area (Å²) in [7, 11) is 4.24. The van der Waals surface area contributed by atoms with E-state index in [-0.39, 0.29) is 0 Å². The van der Waals surface area contributed by atoms with E-state index in [2.05, 4.69) is 61.2 Å². The second-order valence-corrected chi connectivity index (χ2v) is 6.29. The molecule has 0 saturated carbocycles. The largest absolute Gasteiger partial charge is 0.384 e. The van der Waals surface area contributed by atoms with Crippen LogP contribution in [0.1, 0.15) is 28.8 Å². The summed E-state index contributed by atoms with van der Waals surface area (Å²) in [4.78, 5) is 6.65. The molecule has 3 nitrogen and oxygen atoms in total. The first-order valence-corrected chi connectivity index (χ1v) is 7.98. The highest BCUT2D eigenvalue weighted by molar-refractivity contribution is 5.34. The Morgan fingerprint density at radius 1 is 1.00 bits per heavy atom. The third-order valence-electron chi connectivity index (χ3n) is 3.77. The van der Waals surface area contributed by atoms with Gasteiger partial charge in [0.2, 0.25) is 0 Å². The Morgan fingerprint density at radius 3 is 2.41 bits per heavy atom. The fourth-order valence-electron chi connectivity index (χ4n) is 2.71. The van der Waals surface area contributed by atoms with Gasteiger partial charge in [0.25, 0.3) is 0 Å². The van der Waals surface area contributed by atoms with Crippen molar-refractivity contribution in [1.29, 1.82) is 0 Å². The molecule has 0 amide bonds. The Balaban J connectivity index is 1.92. The third-order valence-corrected chi connectivity index (χ3v) is 3.77. The molecular formula is C19H27N3. The van der Waals surface area contributed by atoms with Crippen LogP contribution in [0.4, 0.5) is 5.82 Å². The average Bonchev–Trinajstić information content (AvgIpc) is 2.44. The second kappa shape index (κ2) is 7.95. The molecule has 0 aliphatic carbocycles. The zero-order chi connectivity index (χ0) is 15.9. The lowest BCUT2D eigenvalue weighted by Gasteiger charge is -2.10. The first kappa shape index (κ1) is 16.5. The molecule has 3 heteroatoms. The third kappa shape index (κ3) is 5.49. The Hall–Kier alpha value is -1.87. The number of nitrogen functional groups attached to an aromatic ring is 1. The van der Waals surface area contributed by atoms with E-state index in [0.29, 0.717) is 5.82 Å². The van der Waals surface area contributed by atoms with Gasteiger partial charge < -0.3 is 10.6 Å². The first-order chi connectivity index (χ1) is 10.5. The number of aryl methyl sites for hydroxylation is 4. The SMILES string of the molecule is Cc1cc(N)nc(CCc2cccc(CCCN(C)C)c2)c1. The van der Waals surface area contributed by atoms with Crippen molar-refractivity contribution in [3.63, 3.8) is 0 Å². The summed E-state index contributed by atoms with van der Waals surface area (Å²) in [6.45, 7) is 3.20. The molecular weight excluding hydrogens is 270 g/mol. The zero-order valence-electron chi connectivity index (χ0n) is 14.0. The highest BCUT2D eigenvalue weighted by Gasteiger charge is 2.02. The van der Waals surface area contributed by atoms with E-state index >= 15 is 0 Å². The molecule has 0 fully saturated rings. The van der Waals surface area contributed by atoms with Crippen molar-refractivity contribution < 1.29 is 0 Å². The monoisotopic (exact) mass is 297 g/mol. The van der Waals surface area contributed by atoms with Gasteiger partial charge in [-0.1, -0.05) is 24.3 Å². The molecule has 0 atom stereocenters. The minimum atomic E-state index is 0.618. The minimum Gasteiger partial charge on any atom is -0.384 e.